The molecule has 4 heteroatoms. The lowest BCUT2D eigenvalue weighted by Gasteiger charge is -2.09. The second-order valence-corrected chi connectivity index (χ2v) is 3.21. The molecule has 0 unspecified atom stereocenters. The SMILES string of the molecule is Cc1ccc(N)cc1OCCOCCO. The molecule has 4 nitrogen and oxygen atoms in total. The molecule has 0 aliphatic carbocycles. The van der Waals surface area contributed by atoms with E-state index in [0.717, 1.165) is 11.3 Å². The number of anilines is 1. The van der Waals surface area contributed by atoms with Crippen molar-refractivity contribution >= 4 is 5.69 Å². The van der Waals surface area contributed by atoms with Crippen molar-refractivity contribution in [3.63, 3.8) is 0 Å². The summed E-state index contributed by atoms with van der Waals surface area (Å²) >= 11 is 0. The Hall–Kier alpha value is -1.26. The fraction of sp³-hybridized carbons (Fsp3) is 0.455. The number of nitrogen functional groups attached to an aromatic ring is 1. The highest BCUT2D eigenvalue weighted by atomic mass is 16.5. The second-order valence-electron chi connectivity index (χ2n) is 3.21. The van der Waals surface area contributed by atoms with Gasteiger partial charge in [-0.25, -0.2) is 0 Å². The Kier molecular flexibility index (Phi) is 4.93. The van der Waals surface area contributed by atoms with Crippen molar-refractivity contribution in [2.24, 2.45) is 0 Å². The number of nitrogens with two attached hydrogens (primary N) is 1. The van der Waals surface area contributed by atoms with Crippen LogP contribution in [0.1, 0.15) is 5.56 Å². The summed E-state index contributed by atoms with van der Waals surface area (Å²) in [6, 6.07) is 5.55. The molecule has 0 fully saturated rings. The Bertz CT molecular complexity index is 302. The number of hydrogen-bond acceptors (Lipinski definition) is 4. The van der Waals surface area contributed by atoms with E-state index in [-0.39, 0.29) is 6.61 Å². The van der Waals surface area contributed by atoms with E-state index < -0.39 is 0 Å². The van der Waals surface area contributed by atoms with Crippen LogP contribution in [0.2, 0.25) is 0 Å². The average molecular weight is 211 g/mol. The number of aliphatic hydroxyl groups excluding tert-OH is 1. The zero-order valence-electron chi connectivity index (χ0n) is 8.90. The fourth-order valence-corrected chi connectivity index (χ4v) is 1.15. The van der Waals surface area contributed by atoms with Crippen molar-refractivity contribution in [2.75, 3.05) is 32.2 Å². The van der Waals surface area contributed by atoms with Crippen molar-refractivity contribution in [3.05, 3.63) is 23.8 Å². The Morgan fingerprint density at radius 2 is 2.07 bits per heavy atom. The van der Waals surface area contributed by atoms with Gasteiger partial charge < -0.3 is 20.3 Å². The summed E-state index contributed by atoms with van der Waals surface area (Å²) in [4.78, 5) is 0. The minimum atomic E-state index is 0.0390. The van der Waals surface area contributed by atoms with Gasteiger partial charge in [0, 0.05) is 11.8 Å². The molecular formula is C11H17NO3. The predicted octanol–water partition coefficient (Wildman–Crippen LogP) is 0.965. The highest BCUT2D eigenvalue weighted by Crippen LogP contribution is 2.20. The molecule has 0 saturated carbocycles. The first-order chi connectivity index (χ1) is 7.24. The van der Waals surface area contributed by atoms with Gasteiger partial charge in [0.1, 0.15) is 12.4 Å². The Morgan fingerprint density at radius 1 is 1.27 bits per heavy atom. The molecule has 0 heterocycles. The molecule has 84 valence electrons. The third-order valence-corrected chi connectivity index (χ3v) is 1.93. The van der Waals surface area contributed by atoms with Crippen molar-refractivity contribution in [1.82, 2.24) is 0 Å². The Labute approximate surface area is 89.6 Å². The highest BCUT2D eigenvalue weighted by Gasteiger charge is 1.99. The number of aliphatic hydroxyl groups is 1. The van der Waals surface area contributed by atoms with E-state index in [1.165, 1.54) is 0 Å². The summed E-state index contributed by atoms with van der Waals surface area (Å²) in [5.74, 6) is 0.780. The average Bonchev–Trinajstić information content (AvgIpc) is 2.23. The maximum absolute atomic E-state index is 8.48. The number of benzene rings is 1. The van der Waals surface area contributed by atoms with Crippen molar-refractivity contribution in [3.8, 4) is 5.75 Å². The summed E-state index contributed by atoms with van der Waals surface area (Å²) in [7, 11) is 0. The van der Waals surface area contributed by atoms with E-state index in [4.69, 9.17) is 20.3 Å². The molecule has 1 rings (SSSR count). The van der Waals surface area contributed by atoms with Gasteiger partial charge >= 0.3 is 0 Å². The topological polar surface area (TPSA) is 64.7 Å². The van der Waals surface area contributed by atoms with Gasteiger partial charge in [-0.05, 0) is 18.6 Å². The van der Waals surface area contributed by atoms with Gasteiger partial charge in [-0.3, -0.25) is 0 Å². The minimum absolute atomic E-state index is 0.0390. The van der Waals surface area contributed by atoms with Crippen LogP contribution in [0.15, 0.2) is 18.2 Å². The van der Waals surface area contributed by atoms with E-state index in [1.54, 1.807) is 6.07 Å². The number of ether oxygens (including phenoxy) is 2. The fourth-order valence-electron chi connectivity index (χ4n) is 1.15. The molecule has 0 amide bonds. The smallest absolute Gasteiger partial charge is 0.124 e. The van der Waals surface area contributed by atoms with Crippen LogP contribution in [-0.2, 0) is 4.74 Å². The molecule has 0 aliphatic heterocycles. The van der Waals surface area contributed by atoms with Crippen LogP contribution in [0.4, 0.5) is 5.69 Å². The van der Waals surface area contributed by atoms with Gasteiger partial charge in [-0.2, -0.15) is 0 Å². The van der Waals surface area contributed by atoms with E-state index >= 15 is 0 Å². The van der Waals surface area contributed by atoms with Crippen molar-refractivity contribution in [2.45, 2.75) is 6.92 Å². The zero-order valence-corrected chi connectivity index (χ0v) is 8.90. The molecule has 0 spiro atoms. The van der Waals surface area contributed by atoms with Crippen LogP contribution >= 0.6 is 0 Å². The third-order valence-electron chi connectivity index (χ3n) is 1.93. The standard InChI is InChI=1S/C11H17NO3/c1-9-2-3-10(12)8-11(9)15-7-6-14-5-4-13/h2-3,8,13H,4-7,12H2,1H3. The number of rotatable bonds is 6. The number of aryl methyl sites for hydroxylation is 1. The summed E-state index contributed by atoms with van der Waals surface area (Å²) in [6.45, 7) is 3.28. The lowest BCUT2D eigenvalue weighted by molar-refractivity contribution is 0.0704. The highest BCUT2D eigenvalue weighted by molar-refractivity contribution is 5.47. The molecule has 0 atom stereocenters. The largest absolute Gasteiger partial charge is 0.491 e. The van der Waals surface area contributed by atoms with Crippen LogP contribution in [-0.4, -0.2) is 31.5 Å². The van der Waals surface area contributed by atoms with Gasteiger partial charge in [0.25, 0.3) is 0 Å². The molecule has 1 aromatic rings. The molecule has 0 saturated heterocycles. The maximum Gasteiger partial charge on any atom is 0.124 e. The molecule has 0 aromatic heterocycles. The molecule has 3 N–H and O–H groups in total. The summed E-state index contributed by atoms with van der Waals surface area (Å²) in [5.41, 5.74) is 7.37. The maximum atomic E-state index is 8.48. The van der Waals surface area contributed by atoms with Crippen LogP contribution < -0.4 is 10.5 Å². The lowest BCUT2D eigenvalue weighted by atomic mass is 10.2. The molecule has 0 bridgehead atoms. The molecule has 15 heavy (non-hydrogen) atoms. The summed E-state index contributed by atoms with van der Waals surface area (Å²) in [6.07, 6.45) is 0. The molecular weight excluding hydrogens is 194 g/mol. The molecule has 0 radical (unpaired) electrons. The van der Waals surface area contributed by atoms with E-state index in [2.05, 4.69) is 0 Å². The molecule has 0 aliphatic rings. The third kappa shape index (κ3) is 4.18. The van der Waals surface area contributed by atoms with Crippen LogP contribution in [0, 0.1) is 6.92 Å². The monoisotopic (exact) mass is 211 g/mol. The first kappa shape index (κ1) is 11.8. The number of hydrogen-bond donors (Lipinski definition) is 2. The van der Waals surface area contributed by atoms with Crippen molar-refractivity contribution in [1.29, 1.82) is 0 Å². The Morgan fingerprint density at radius 3 is 2.80 bits per heavy atom. The van der Waals surface area contributed by atoms with E-state index in [0.29, 0.717) is 25.5 Å². The van der Waals surface area contributed by atoms with Gasteiger partial charge in [-0.1, -0.05) is 6.07 Å². The predicted molar refractivity (Wildman–Crippen MR) is 59.0 cm³/mol. The van der Waals surface area contributed by atoms with Gasteiger partial charge in [0.15, 0.2) is 0 Å². The van der Waals surface area contributed by atoms with E-state index in [1.807, 2.05) is 19.1 Å². The van der Waals surface area contributed by atoms with Crippen LogP contribution in [0.3, 0.4) is 0 Å². The Balaban J connectivity index is 2.33. The summed E-state index contributed by atoms with van der Waals surface area (Å²) in [5, 5.41) is 8.48. The first-order valence-corrected chi connectivity index (χ1v) is 4.91. The van der Waals surface area contributed by atoms with E-state index in [9.17, 15) is 0 Å². The zero-order chi connectivity index (χ0) is 11.1. The quantitative estimate of drug-likeness (QED) is 0.543. The van der Waals surface area contributed by atoms with Gasteiger partial charge in [0.2, 0.25) is 0 Å². The van der Waals surface area contributed by atoms with Crippen LogP contribution in [0.25, 0.3) is 0 Å². The lowest BCUT2D eigenvalue weighted by Crippen LogP contribution is -2.09. The van der Waals surface area contributed by atoms with Crippen molar-refractivity contribution < 1.29 is 14.6 Å². The second kappa shape index (κ2) is 6.27. The van der Waals surface area contributed by atoms with Crippen LogP contribution in [0.5, 0.6) is 5.75 Å². The summed E-state index contributed by atoms with van der Waals surface area (Å²) < 4.78 is 10.5. The minimum Gasteiger partial charge on any atom is -0.491 e. The van der Waals surface area contributed by atoms with Gasteiger partial charge in [-0.15, -0.1) is 0 Å². The van der Waals surface area contributed by atoms with Gasteiger partial charge in [0.05, 0.1) is 19.8 Å². The normalized spacial score (nSPS) is 10.3. The molecule has 1 aromatic carbocycles. The first-order valence-electron chi connectivity index (χ1n) is 4.91.